The van der Waals surface area contributed by atoms with Crippen LogP contribution in [0.2, 0.25) is 5.02 Å². The molecule has 2 aromatic rings. The van der Waals surface area contributed by atoms with E-state index in [1.807, 2.05) is 13.0 Å². The van der Waals surface area contributed by atoms with Gasteiger partial charge in [0.05, 0.1) is 0 Å². The van der Waals surface area contributed by atoms with Crippen LogP contribution in [-0.4, -0.2) is 19.1 Å². The zero-order chi connectivity index (χ0) is 15.2. The molecule has 3 N–H and O–H groups in total. The van der Waals surface area contributed by atoms with Crippen molar-refractivity contribution in [2.24, 2.45) is 5.73 Å². The maximum atomic E-state index is 12.1. The highest BCUT2D eigenvalue weighted by molar-refractivity contribution is 6.31. The lowest BCUT2D eigenvalue weighted by Crippen LogP contribution is -2.12. The van der Waals surface area contributed by atoms with Crippen molar-refractivity contribution in [3.8, 4) is 5.75 Å². The predicted molar refractivity (Wildman–Crippen MR) is 85.1 cm³/mol. The van der Waals surface area contributed by atoms with Crippen molar-refractivity contribution in [1.29, 1.82) is 0 Å². The van der Waals surface area contributed by atoms with E-state index >= 15 is 0 Å². The van der Waals surface area contributed by atoms with Gasteiger partial charge in [-0.2, -0.15) is 0 Å². The molecule has 0 atom stereocenters. The van der Waals surface area contributed by atoms with Gasteiger partial charge in [0.2, 0.25) is 0 Å². The van der Waals surface area contributed by atoms with Gasteiger partial charge in [-0.3, -0.25) is 4.79 Å². The molecule has 0 heterocycles. The molecule has 2 rings (SSSR count). The largest absolute Gasteiger partial charge is 0.492 e. The van der Waals surface area contributed by atoms with E-state index in [1.165, 1.54) is 0 Å². The molecule has 2 aromatic carbocycles. The van der Waals surface area contributed by atoms with Gasteiger partial charge in [-0.15, -0.1) is 0 Å². The van der Waals surface area contributed by atoms with Gasteiger partial charge in [-0.05, 0) is 48.9 Å². The van der Waals surface area contributed by atoms with Crippen LogP contribution in [0, 0.1) is 6.92 Å². The molecule has 0 spiro atoms. The summed E-state index contributed by atoms with van der Waals surface area (Å²) in [7, 11) is 0. The summed E-state index contributed by atoms with van der Waals surface area (Å²) >= 11 is 6.02. The molecule has 0 unspecified atom stereocenters. The molecular weight excluding hydrogens is 288 g/mol. The van der Waals surface area contributed by atoms with E-state index in [0.717, 1.165) is 11.3 Å². The number of aryl methyl sites for hydroxylation is 1. The van der Waals surface area contributed by atoms with Crippen molar-refractivity contribution in [3.63, 3.8) is 0 Å². The molecule has 21 heavy (non-hydrogen) atoms. The van der Waals surface area contributed by atoms with E-state index in [1.54, 1.807) is 36.4 Å². The van der Waals surface area contributed by atoms with Crippen molar-refractivity contribution < 1.29 is 9.53 Å². The lowest BCUT2D eigenvalue weighted by Gasteiger charge is -2.08. The molecule has 0 saturated heterocycles. The second kappa shape index (κ2) is 7.11. The van der Waals surface area contributed by atoms with Crippen molar-refractivity contribution in [1.82, 2.24) is 0 Å². The number of carbonyl (C=O) groups is 1. The number of amides is 1. The molecule has 0 aliphatic rings. The van der Waals surface area contributed by atoms with Crippen LogP contribution in [0.25, 0.3) is 0 Å². The molecule has 5 heteroatoms. The highest BCUT2D eigenvalue weighted by Crippen LogP contribution is 2.19. The van der Waals surface area contributed by atoms with Crippen LogP contribution < -0.4 is 15.8 Å². The minimum atomic E-state index is -0.201. The fraction of sp³-hybridized carbons (Fsp3) is 0.188. The smallest absolute Gasteiger partial charge is 0.255 e. The van der Waals surface area contributed by atoms with E-state index in [4.69, 9.17) is 22.1 Å². The Labute approximate surface area is 128 Å². The fourth-order valence-corrected chi connectivity index (χ4v) is 1.93. The maximum absolute atomic E-state index is 12.1. The highest BCUT2D eigenvalue weighted by atomic mass is 35.5. The van der Waals surface area contributed by atoms with E-state index in [0.29, 0.717) is 29.4 Å². The number of ether oxygens (including phenoxy) is 1. The normalized spacial score (nSPS) is 10.2. The Morgan fingerprint density at radius 1 is 1.24 bits per heavy atom. The number of halogens is 1. The topological polar surface area (TPSA) is 64.3 Å². The Balaban J connectivity index is 2.03. The van der Waals surface area contributed by atoms with Gasteiger partial charge in [0.1, 0.15) is 12.4 Å². The first-order chi connectivity index (χ1) is 10.1. The third kappa shape index (κ3) is 4.21. The monoisotopic (exact) mass is 304 g/mol. The Kier molecular flexibility index (Phi) is 5.20. The SMILES string of the molecule is Cc1ccc(C(=O)Nc2ccc(OCCN)cc2)cc1Cl. The number of nitrogens with one attached hydrogen (secondary N) is 1. The first-order valence-corrected chi connectivity index (χ1v) is 6.98. The Morgan fingerprint density at radius 2 is 1.95 bits per heavy atom. The van der Waals surface area contributed by atoms with Crippen molar-refractivity contribution in [3.05, 3.63) is 58.6 Å². The molecule has 0 fully saturated rings. The van der Waals surface area contributed by atoms with Crippen molar-refractivity contribution in [2.75, 3.05) is 18.5 Å². The molecule has 0 saturated carbocycles. The summed E-state index contributed by atoms with van der Waals surface area (Å²) in [6, 6.07) is 12.3. The van der Waals surface area contributed by atoms with Gasteiger partial charge in [-0.1, -0.05) is 17.7 Å². The van der Waals surface area contributed by atoms with Gasteiger partial charge < -0.3 is 15.8 Å². The van der Waals surface area contributed by atoms with Gasteiger partial charge in [0, 0.05) is 22.8 Å². The molecule has 1 amide bonds. The maximum Gasteiger partial charge on any atom is 0.255 e. The Morgan fingerprint density at radius 3 is 2.57 bits per heavy atom. The van der Waals surface area contributed by atoms with Gasteiger partial charge >= 0.3 is 0 Å². The number of rotatable bonds is 5. The van der Waals surface area contributed by atoms with Crippen molar-refractivity contribution >= 4 is 23.2 Å². The van der Waals surface area contributed by atoms with E-state index in [2.05, 4.69) is 5.32 Å². The molecule has 0 aliphatic heterocycles. The summed E-state index contributed by atoms with van der Waals surface area (Å²) in [6.45, 7) is 2.82. The summed E-state index contributed by atoms with van der Waals surface area (Å²) in [5.41, 5.74) is 7.52. The number of carbonyl (C=O) groups excluding carboxylic acids is 1. The van der Waals surface area contributed by atoms with E-state index in [9.17, 15) is 4.79 Å². The molecule has 0 radical (unpaired) electrons. The molecule has 0 bridgehead atoms. The standard InChI is InChI=1S/C16H17ClN2O2/c1-11-2-3-12(10-15(11)17)16(20)19-13-4-6-14(7-5-13)21-9-8-18/h2-7,10H,8-9,18H2,1H3,(H,19,20). The lowest BCUT2D eigenvalue weighted by molar-refractivity contribution is 0.102. The predicted octanol–water partition coefficient (Wildman–Crippen LogP) is 3.24. The van der Waals surface area contributed by atoms with Crippen LogP contribution in [0.3, 0.4) is 0 Å². The number of benzene rings is 2. The quantitative estimate of drug-likeness (QED) is 0.891. The van der Waals surface area contributed by atoms with Crippen LogP contribution >= 0.6 is 11.6 Å². The van der Waals surface area contributed by atoms with Crippen LogP contribution in [0.5, 0.6) is 5.75 Å². The van der Waals surface area contributed by atoms with Crippen LogP contribution in [0.1, 0.15) is 15.9 Å². The van der Waals surface area contributed by atoms with Crippen LogP contribution in [0.4, 0.5) is 5.69 Å². The summed E-state index contributed by atoms with van der Waals surface area (Å²) < 4.78 is 5.37. The number of nitrogens with two attached hydrogens (primary N) is 1. The molecule has 110 valence electrons. The highest BCUT2D eigenvalue weighted by Gasteiger charge is 2.08. The third-order valence-electron chi connectivity index (χ3n) is 2.93. The lowest BCUT2D eigenvalue weighted by atomic mass is 10.1. The Bertz CT molecular complexity index is 627. The summed E-state index contributed by atoms with van der Waals surface area (Å²) in [4.78, 5) is 12.1. The summed E-state index contributed by atoms with van der Waals surface area (Å²) in [5.74, 6) is 0.518. The van der Waals surface area contributed by atoms with Gasteiger partial charge in [0.15, 0.2) is 0 Å². The number of hydrogen-bond acceptors (Lipinski definition) is 3. The number of anilines is 1. The van der Waals surface area contributed by atoms with Gasteiger partial charge in [-0.25, -0.2) is 0 Å². The van der Waals surface area contributed by atoms with E-state index < -0.39 is 0 Å². The fourth-order valence-electron chi connectivity index (χ4n) is 1.75. The minimum absolute atomic E-state index is 0.201. The zero-order valence-corrected chi connectivity index (χ0v) is 12.5. The molecular formula is C16H17ClN2O2. The zero-order valence-electron chi connectivity index (χ0n) is 11.7. The van der Waals surface area contributed by atoms with Gasteiger partial charge in [0.25, 0.3) is 5.91 Å². The average Bonchev–Trinajstić information content (AvgIpc) is 2.49. The molecule has 0 aromatic heterocycles. The third-order valence-corrected chi connectivity index (χ3v) is 3.34. The van der Waals surface area contributed by atoms with Crippen molar-refractivity contribution in [2.45, 2.75) is 6.92 Å². The first kappa shape index (κ1) is 15.4. The minimum Gasteiger partial charge on any atom is -0.492 e. The summed E-state index contributed by atoms with van der Waals surface area (Å²) in [5, 5.41) is 3.39. The average molecular weight is 305 g/mol. The van der Waals surface area contributed by atoms with Crippen LogP contribution in [-0.2, 0) is 0 Å². The second-order valence-electron chi connectivity index (χ2n) is 4.58. The number of hydrogen-bond donors (Lipinski definition) is 2. The summed E-state index contributed by atoms with van der Waals surface area (Å²) in [6.07, 6.45) is 0. The Hall–Kier alpha value is -2.04. The first-order valence-electron chi connectivity index (χ1n) is 6.60. The molecule has 4 nitrogen and oxygen atoms in total. The molecule has 0 aliphatic carbocycles. The van der Waals surface area contributed by atoms with Crippen LogP contribution in [0.15, 0.2) is 42.5 Å². The second-order valence-corrected chi connectivity index (χ2v) is 4.99. The van der Waals surface area contributed by atoms with E-state index in [-0.39, 0.29) is 5.91 Å².